The first kappa shape index (κ1) is 11.5. The number of nitrogens with one attached hydrogen (secondary N) is 1. The second kappa shape index (κ2) is 4.58. The van der Waals surface area contributed by atoms with Crippen molar-refractivity contribution in [1.29, 1.82) is 0 Å². The molecule has 2 saturated heterocycles. The number of thiazole rings is 1. The Labute approximate surface area is 107 Å². The number of piperidine rings is 1. The lowest BCUT2D eigenvalue weighted by atomic mass is 9.91. The molecule has 2 unspecified atom stereocenters. The highest BCUT2D eigenvalue weighted by Gasteiger charge is 2.38. The van der Waals surface area contributed by atoms with Gasteiger partial charge in [0.2, 0.25) is 0 Å². The van der Waals surface area contributed by atoms with Gasteiger partial charge in [0.15, 0.2) is 5.13 Å². The Morgan fingerprint density at radius 3 is 2.71 bits per heavy atom. The highest BCUT2D eigenvalue weighted by molar-refractivity contribution is 7.13. The highest BCUT2D eigenvalue weighted by atomic mass is 32.1. The Hall–Kier alpha value is -0.610. The monoisotopic (exact) mass is 251 g/mol. The number of aromatic nitrogens is 1. The van der Waals surface area contributed by atoms with Gasteiger partial charge in [-0.3, -0.25) is 0 Å². The maximum Gasteiger partial charge on any atom is 0.182 e. The van der Waals surface area contributed by atoms with Crippen molar-refractivity contribution < 1.29 is 0 Å². The summed E-state index contributed by atoms with van der Waals surface area (Å²) in [4.78, 5) is 7.06. The van der Waals surface area contributed by atoms with Gasteiger partial charge in [0.05, 0.1) is 5.69 Å². The second-order valence-corrected chi connectivity index (χ2v) is 6.42. The van der Waals surface area contributed by atoms with Crippen molar-refractivity contribution in [3.8, 4) is 0 Å². The van der Waals surface area contributed by atoms with Crippen molar-refractivity contribution in [2.24, 2.45) is 5.92 Å². The summed E-state index contributed by atoms with van der Waals surface area (Å²) in [6.45, 7) is 3.16. The van der Waals surface area contributed by atoms with E-state index in [2.05, 4.69) is 34.6 Å². The SMILES string of the molecule is Cc1csc(NCC2CC3CCC(C2)N3C)n1. The predicted molar refractivity (Wildman–Crippen MR) is 72.6 cm³/mol. The molecule has 3 nitrogen and oxygen atoms in total. The first-order chi connectivity index (χ1) is 8.22. The maximum absolute atomic E-state index is 4.46. The van der Waals surface area contributed by atoms with Crippen molar-refractivity contribution in [2.45, 2.75) is 44.7 Å². The summed E-state index contributed by atoms with van der Waals surface area (Å²) in [5.74, 6) is 0.841. The van der Waals surface area contributed by atoms with Crippen LogP contribution >= 0.6 is 11.3 Å². The average Bonchev–Trinajstić information content (AvgIpc) is 2.78. The zero-order valence-corrected chi connectivity index (χ0v) is 11.5. The number of aryl methyl sites for hydroxylation is 1. The minimum atomic E-state index is 0.841. The summed E-state index contributed by atoms with van der Waals surface area (Å²) >= 11 is 1.72. The molecule has 0 amide bonds. The van der Waals surface area contributed by atoms with Gasteiger partial charge in [-0.05, 0) is 45.6 Å². The molecular weight excluding hydrogens is 230 g/mol. The lowest BCUT2D eigenvalue weighted by molar-refractivity contribution is 0.139. The third-order valence-electron chi connectivity index (χ3n) is 4.36. The molecule has 3 heterocycles. The van der Waals surface area contributed by atoms with E-state index in [0.29, 0.717) is 0 Å². The van der Waals surface area contributed by atoms with Crippen LogP contribution in [0.4, 0.5) is 5.13 Å². The number of nitrogens with zero attached hydrogens (tertiary/aromatic N) is 2. The molecule has 2 aliphatic rings. The number of fused-ring (bicyclic) bond motifs is 2. The summed E-state index contributed by atoms with van der Waals surface area (Å²) in [6, 6.07) is 1.69. The first-order valence-electron chi connectivity index (χ1n) is 6.60. The van der Waals surface area contributed by atoms with E-state index in [9.17, 15) is 0 Å². The molecule has 1 N–H and O–H groups in total. The van der Waals surface area contributed by atoms with Crippen LogP contribution in [-0.4, -0.2) is 35.6 Å². The van der Waals surface area contributed by atoms with Crippen molar-refractivity contribution in [2.75, 3.05) is 18.9 Å². The van der Waals surface area contributed by atoms with E-state index in [0.717, 1.165) is 35.4 Å². The number of anilines is 1. The van der Waals surface area contributed by atoms with E-state index in [1.165, 1.54) is 25.7 Å². The summed E-state index contributed by atoms with van der Waals surface area (Å²) in [5.41, 5.74) is 1.13. The molecular formula is C13H21N3S. The minimum absolute atomic E-state index is 0.841. The Balaban J connectivity index is 1.54. The molecule has 0 spiro atoms. The summed E-state index contributed by atoms with van der Waals surface area (Å²) in [5, 5.41) is 6.71. The largest absolute Gasteiger partial charge is 0.361 e. The van der Waals surface area contributed by atoms with Gasteiger partial charge in [0, 0.05) is 24.0 Å². The quantitative estimate of drug-likeness (QED) is 0.895. The molecule has 0 radical (unpaired) electrons. The number of hydrogen-bond acceptors (Lipinski definition) is 4. The topological polar surface area (TPSA) is 28.2 Å². The molecule has 2 fully saturated rings. The molecule has 94 valence electrons. The van der Waals surface area contributed by atoms with Crippen LogP contribution in [0.5, 0.6) is 0 Å². The van der Waals surface area contributed by atoms with Gasteiger partial charge in [-0.2, -0.15) is 0 Å². The zero-order valence-electron chi connectivity index (χ0n) is 10.6. The van der Waals surface area contributed by atoms with Crippen LogP contribution in [0.2, 0.25) is 0 Å². The Morgan fingerprint density at radius 2 is 2.12 bits per heavy atom. The van der Waals surface area contributed by atoms with Gasteiger partial charge < -0.3 is 10.2 Å². The number of hydrogen-bond donors (Lipinski definition) is 1. The lowest BCUT2D eigenvalue weighted by Crippen LogP contribution is -2.41. The van der Waals surface area contributed by atoms with E-state index in [1.807, 2.05) is 0 Å². The fourth-order valence-electron chi connectivity index (χ4n) is 3.36. The third-order valence-corrected chi connectivity index (χ3v) is 5.27. The van der Waals surface area contributed by atoms with E-state index < -0.39 is 0 Å². The van der Waals surface area contributed by atoms with Crippen molar-refractivity contribution in [3.63, 3.8) is 0 Å². The van der Waals surface area contributed by atoms with Gasteiger partial charge in [-0.25, -0.2) is 4.98 Å². The minimum Gasteiger partial charge on any atom is -0.361 e. The molecule has 1 aromatic heterocycles. The Bertz CT molecular complexity index is 376. The molecule has 1 aromatic rings. The van der Waals surface area contributed by atoms with E-state index in [4.69, 9.17) is 0 Å². The molecule has 2 atom stereocenters. The molecule has 0 aromatic carbocycles. The van der Waals surface area contributed by atoms with Crippen LogP contribution in [0.15, 0.2) is 5.38 Å². The first-order valence-corrected chi connectivity index (χ1v) is 7.48. The number of rotatable bonds is 3. The molecule has 0 saturated carbocycles. The van der Waals surface area contributed by atoms with Crippen LogP contribution in [0.3, 0.4) is 0 Å². The van der Waals surface area contributed by atoms with Gasteiger partial charge in [0.1, 0.15) is 0 Å². The summed E-state index contributed by atoms with van der Waals surface area (Å²) in [6.07, 6.45) is 5.55. The van der Waals surface area contributed by atoms with Crippen molar-refractivity contribution in [1.82, 2.24) is 9.88 Å². The van der Waals surface area contributed by atoms with E-state index in [1.54, 1.807) is 11.3 Å². The lowest BCUT2D eigenvalue weighted by Gasteiger charge is -2.36. The smallest absolute Gasteiger partial charge is 0.182 e. The third kappa shape index (κ3) is 2.33. The van der Waals surface area contributed by atoms with Crippen LogP contribution < -0.4 is 5.32 Å². The molecule has 4 heteroatoms. The normalized spacial score (nSPS) is 32.9. The van der Waals surface area contributed by atoms with E-state index >= 15 is 0 Å². The van der Waals surface area contributed by atoms with Gasteiger partial charge >= 0.3 is 0 Å². The Kier molecular flexibility index (Phi) is 3.09. The Morgan fingerprint density at radius 1 is 1.41 bits per heavy atom. The second-order valence-electron chi connectivity index (χ2n) is 5.56. The standard InChI is InChI=1S/C13H21N3S/c1-9-8-17-13(15-9)14-7-10-5-11-3-4-12(6-10)16(11)2/h8,10-12H,3-7H2,1-2H3,(H,14,15). The fourth-order valence-corrected chi connectivity index (χ4v) is 4.06. The summed E-state index contributed by atoms with van der Waals surface area (Å²) in [7, 11) is 2.30. The molecule has 17 heavy (non-hydrogen) atoms. The van der Waals surface area contributed by atoms with Crippen molar-refractivity contribution >= 4 is 16.5 Å². The maximum atomic E-state index is 4.46. The van der Waals surface area contributed by atoms with Crippen LogP contribution in [0, 0.1) is 12.8 Å². The zero-order chi connectivity index (χ0) is 11.8. The van der Waals surface area contributed by atoms with Gasteiger partial charge in [-0.1, -0.05) is 0 Å². The highest BCUT2D eigenvalue weighted by Crippen LogP contribution is 2.37. The van der Waals surface area contributed by atoms with Crippen LogP contribution in [0.25, 0.3) is 0 Å². The van der Waals surface area contributed by atoms with Gasteiger partial charge in [-0.15, -0.1) is 11.3 Å². The molecule has 0 aliphatic carbocycles. The van der Waals surface area contributed by atoms with Crippen molar-refractivity contribution in [3.05, 3.63) is 11.1 Å². The summed E-state index contributed by atoms with van der Waals surface area (Å²) < 4.78 is 0. The molecule has 3 rings (SSSR count). The van der Waals surface area contributed by atoms with Crippen LogP contribution in [-0.2, 0) is 0 Å². The predicted octanol–water partition coefficient (Wildman–Crippen LogP) is 2.74. The molecule has 2 bridgehead atoms. The average molecular weight is 251 g/mol. The van der Waals surface area contributed by atoms with Gasteiger partial charge in [0.25, 0.3) is 0 Å². The molecule has 2 aliphatic heterocycles. The fraction of sp³-hybridized carbons (Fsp3) is 0.769. The van der Waals surface area contributed by atoms with E-state index in [-0.39, 0.29) is 0 Å². The van der Waals surface area contributed by atoms with Crippen LogP contribution in [0.1, 0.15) is 31.4 Å².